The molecule has 1 aliphatic carbocycles. The maximum atomic E-state index is 10.2. The third kappa shape index (κ3) is 3.51. The fraction of sp³-hybridized carbons (Fsp3) is 0.182. The molecule has 3 aromatic carbocycles. The summed E-state index contributed by atoms with van der Waals surface area (Å²) in [6, 6.07) is 22.7. The highest BCUT2D eigenvalue weighted by molar-refractivity contribution is 7.99. The average molecular weight is 363 g/mol. The quantitative estimate of drug-likeness (QED) is 0.586. The number of nitrogens with zero attached hydrogens (tertiary/aromatic N) is 1. The SMILES string of the molecule is CN(c1cc(Sc2cccc(-c3ccccc3)c2)cc(O)c1O)C1CC1. The molecule has 0 atom stereocenters. The van der Waals surface area contributed by atoms with Crippen LogP contribution in [0.15, 0.2) is 76.5 Å². The van der Waals surface area contributed by atoms with Gasteiger partial charge in [-0.3, -0.25) is 0 Å². The molecule has 1 aliphatic rings. The topological polar surface area (TPSA) is 43.7 Å². The molecule has 0 aliphatic heterocycles. The highest BCUT2D eigenvalue weighted by Crippen LogP contribution is 2.44. The molecule has 0 saturated heterocycles. The number of anilines is 1. The molecule has 1 saturated carbocycles. The molecule has 4 rings (SSSR count). The standard InChI is InChI=1S/C22H21NO2S/c1-23(17-10-11-17)20-13-19(14-21(24)22(20)25)26-18-9-5-8-16(12-18)15-6-3-2-4-7-15/h2-9,12-14,17,24-25H,10-11H2,1H3. The van der Waals surface area contributed by atoms with Gasteiger partial charge in [0.15, 0.2) is 11.5 Å². The maximum Gasteiger partial charge on any atom is 0.181 e. The van der Waals surface area contributed by atoms with Crippen molar-refractivity contribution in [1.29, 1.82) is 0 Å². The lowest BCUT2D eigenvalue weighted by Crippen LogP contribution is -2.19. The molecule has 4 heteroatoms. The van der Waals surface area contributed by atoms with Crippen LogP contribution in [0.5, 0.6) is 11.5 Å². The van der Waals surface area contributed by atoms with Gasteiger partial charge in [-0.2, -0.15) is 0 Å². The van der Waals surface area contributed by atoms with Crippen molar-refractivity contribution in [2.75, 3.05) is 11.9 Å². The minimum absolute atomic E-state index is 0.0400. The summed E-state index contributed by atoms with van der Waals surface area (Å²) in [5.74, 6) is -0.112. The van der Waals surface area contributed by atoms with E-state index in [2.05, 4.69) is 35.2 Å². The number of phenols is 2. The number of hydrogen-bond donors (Lipinski definition) is 2. The van der Waals surface area contributed by atoms with E-state index in [0.29, 0.717) is 11.7 Å². The Balaban J connectivity index is 1.63. The first kappa shape index (κ1) is 16.9. The van der Waals surface area contributed by atoms with Gasteiger partial charge in [-0.25, -0.2) is 0 Å². The minimum Gasteiger partial charge on any atom is -0.504 e. The smallest absolute Gasteiger partial charge is 0.181 e. The zero-order chi connectivity index (χ0) is 18.1. The van der Waals surface area contributed by atoms with Gasteiger partial charge in [0.1, 0.15) is 0 Å². The Morgan fingerprint density at radius 2 is 1.58 bits per heavy atom. The van der Waals surface area contributed by atoms with Gasteiger partial charge < -0.3 is 15.1 Å². The molecule has 2 N–H and O–H groups in total. The number of rotatable bonds is 5. The fourth-order valence-electron chi connectivity index (χ4n) is 3.07. The van der Waals surface area contributed by atoms with Crippen LogP contribution in [0.1, 0.15) is 12.8 Å². The Hall–Kier alpha value is -2.59. The van der Waals surface area contributed by atoms with Crippen LogP contribution in [0.25, 0.3) is 11.1 Å². The summed E-state index contributed by atoms with van der Waals surface area (Å²) in [6.45, 7) is 0. The van der Waals surface area contributed by atoms with Crippen LogP contribution in [-0.4, -0.2) is 23.3 Å². The Morgan fingerprint density at radius 3 is 2.31 bits per heavy atom. The number of hydrogen-bond acceptors (Lipinski definition) is 4. The molecule has 0 heterocycles. The van der Waals surface area contributed by atoms with Crippen molar-refractivity contribution in [1.82, 2.24) is 0 Å². The van der Waals surface area contributed by atoms with E-state index in [1.54, 1.807) is 17.8 Å². The maximum absolute atomic E-state index is 10.2. The summed E-state index contributed by atoms with van der Waals surface area (Å²) < 4.78 is 0. The number of phenolic OH excluding ortho intramolecular Hbond substituents is 2. The molecular formula is C22H21NO2S. The predicted molar refractivity (Wildman–Crippen MR) is 107 cm³/mol. The monoisotopic (exact) mass is 363 g/mol. The van der Waals surface area contributed by atoms with Crippen LogP contribution in [0.3, 0.4) is 0 Å². The van der Waals surface area contributed by atoms with Crippen LogP contribution >= 0.6 is 11.8 Å². The highest BCUT2D eigenvalue weighted by Gasteiger charge is 2.28. The third-order valence-corrected chi connectivity index (χ3v) is 5.66. The van der Waals surface area contributed by atoms with Crippen LogP contribution < -0.4 is 4.90 Å². The van der Waals surface area contributed by atoms with E-state index in [0.717, 1.165) is 28.2 Å². The molecule has 0 bridgehead atoms. The second-order valence-electron chi connectivity index (χ2n) is 6.65. The van der Waals surface area contributed by atoms with E-state index in [1.165, 1.54) is 5.56 Å². The van der Waals surface area contributed by atoms with Gasteiger partial charge in [0, 0.05) is 22.9 Å². The largest absolute Gasteiger partial charge is 0.504 e. The van der Waals surface area contributed by atoms with Gasteiger partial charge >= 0.3 is 0 Å². The van der Waals surface area contributed by atoms with Gasteiger partial charge in [0.2, 0.25) is 0 Å². The Bertz CT molecular complexity index is 923. The Morgan fingerprint density at radius 1 is 0.846 bits per heavy atom. The average Bonchev–Trinajstić information content (AvgIpc) is 3.50. The summed E-state index contributed by atoms with van der Waals surface area (Å²) in [7, 11) is 1.97. The summed E-state index contributed by atoms with van der Waals surface area (Å²) in [5.41, 5.74) is 3.03. The molecular weight excluding hydrogens is 342 g/mol. The molecule has 1 fully saturated rings. The van der Waals surface area contributed by atoms with Crippen LogP contribution in [0, 0.1) is 0 Å². The van der Waals surface area contributed by atoms with Crippen LogP contribution in [0.2, 0.25) is 0 Å². The zero-order valence-corrected chi connectivity index (χ0v) is 15.4. The van der Waals surface area contributed by atoms with E-state index in [4.69, 9.17) is 0 Å². The summed E-state index contributed by atoms with van der Waals surface area (Å²) in [4.78, 5) is 4.06. The predicted octanol–water partition coefficient (Wildman–Crippen LogP) is 5.51. The first-order valence-corrected chi connectivity index (χ1v) is 9.55. The van der Waals surface area contributed by atoms with Crippen molar-refractivity contribution >= 4 is 17.4 Å². The van der Waals surface area contributed by atoms with Crippen molar-refractivity contribution in [2.24, 2.45) is 0 Å². The first-order chi connectivity index (χ1) is 12.6. The number of benzene rings is 3. The van der Waals surface area contributed by atoms with Crippen molar-refractivity contribution < 1.29 is 10.2 Å². The van der Waals surface area contributed by atoms with Crippen molar-refractivity contribution in [2.45, 2.75) is 28.7 Å². The molecule has 0 unspecified atom stereocenters. The zero-order valence-electron chi connectivity index (χ0n) is 14.6. The lowest BCUT2D eigenvalue weighted by atomic mass is 10.1. The fourth-order valence-corrected chi connectivity index (χ4v) is 4.02. The second-order valence-corrected chi connectivity index (χ2v) is 7.80. The molecule has 0 amide bonds. The van der Waals surface area contributed by atoms with Gasteiger partial charge in [-0.05, 0) is 48.2 Å². The normalized spacial score (nSPS) is 13.6. The molecule has 26 heavy (non-hydrogen) atoms. The molecule has 132 valence electrons. The van der Waals surface area contributed by atoms with Gasteiger partial charge in [0.25, 0.3) is 0 Å². The van der Waals surface area contributed by atoms with E-state index in [1.807, 2.05) is 37.4 Å². The van der Waals surface area contributed by atoms with Crippen molar-refractivity contribution in [3.05, 3.63) is 66.7 Å². The van der Waals surface area contributed by atoms with Crippen LogP contribution in [-0.2, 0) is 0 Å². The Labute approximate surface area is 157 Å². The summed E-state index contributed by atoms with van der Waals surface area (Å²) >= 11 is 1.59. The van der Waals surface area contributed by atoms with Gasteiger partial charge in [0.05, 0.1) is 5.69 Å². The molecule has 0 aromatic heterocycles. The first-order valence-electron chi connectivity index (χ1n) is 8.74. The van der Waals surface area contributed by atoms with Gasteiger partial charge in [-0.15, -0.1) is 0 Å². The summed E-state index contributed by atoms with van der Waals surface area (Å²) in [6.07, 6.45) is 2.26. The van der Waals surface area contributed by atoms with Crippen LogP contribution in [0.4, 0.5) is 5.69 Å². The molecule has 3 aromatic rings. The minimum atomic E-state index is -0.0725. The highest BCUT2D eigenvalue weighted by atomic mass is 32.2. The van der Waals surface area contributed by atoms with E-state index < -0.39 is 0 Å². The lowest BCUT2D eigenvalue weighted by molar-refractivity contribution is 0.402. The number of aromatic hydroxyl groups is 2. The van der Waals surface area contributed by atoms with E-state index >= 15 is 0 Å². The summed E-state index contributed by atoms with van der Waals surface area (Å²) in [5, 5.41) is 20.4. The third-order valence-electron chi connectivity index (χ3n) is 4.69. The van der Waals surface area contributed by atoms with Gasteiger partial charge in [-0.1, -0.05) is 54.2 Å². The molecule has 3 nitrogen and oxygen atoms in total. The van der Waals surface area contributed by atoms with E-state index in [-0.39, 0.29) is 11.5 Å². The Kier molecular flexibility index (Phi) is 4.51. The van der Waals surface area contributed by atoms with E-state index in [9.17, 15) is 10.2 Å². The molecule has 0 radical (unpaired) electrons. The van der Waals surface area contributed by atoms with Crippen molar-refractivity contribution in [3.8, 4) is 22.6 Å². The van der Waals surface area contributed by atoms with Crippen molar-refractivity contribution in [3.63, 3.8) is 0 Å². The second kappa shape index (κ2) is 6.96. The lowest BCUT2D eigenvalue weighted by Gasteiger charge is -2.21. The molecule has 0 spiro atoms.